The van der Waals surface area contributed by atoms with Crippen molar-refractivity contribution < 1.29 is 9.47 Å². The van der Waals surface area contributed by atoms with Gasteiger partial charge in [0.05, 0.1) is 24.3 Å². The Bertz CT molecular complexity index is 790. The summed E-state index contributed by atoms with van der Waals surface area (Å²) < 4.78 is 11.3. The van der Waals surface area contributed by atoms with Crippen LogP contribution in [0.25, 0.3) is 0 Å². The number of hydrogen-bond donors (Lipinski definition) is 0. The molecule has 0 unspecified atom stereocenters. The van der Waals surface area contributed by atoms with Gasteiger partial charge in [-0.3, -0.25) is 4.99 Å². The average Bonchev–Trinajstić information content (AvgIpc) is 3.19. The number of hydrogen-bond acceptors (Lipinski definition) is 6. The first-order valence-electron chi connectivity index (χ1n) is 8.13. The van der Waals surface area contributed by atoms with Gasteiger partial charge in [-0.15, -0.1) is 0 Å². The van der Waals surface area contributed by atoms with E-state index >= 15 is 0 Å². The third kappa shape index (κ3) is 4.38. The molecule has 0 saturated carbocycles. The van der Waals surface area contributed by atoms with Gasteiger partial charge in [0.2, 0.25) is 11.8 Å². The molecule has 130 valence electrons. The van der Waals surface area contributed by atoms with Gasteiger partial charge in [0.25, 0.3) is 0 Å². The summed E-state index contributed by atoms with van der Waals surface area (Å²) in [6.45, 7) is 3.96. The summed E-state index contributed by atoms with van der Waals surface area (Å²) in [7, 11) is 5.13. The number of nitrogens with zero attached hydrogens (tertiary/aromatic N) is 2. The highest BCUT2D eigenvalue weighted by molar-refractivity contribution is 8.76. The molecule has 0 spiro atoms. The minimum Gasteiger partial charge on any atom is -0.478 e. The zero-order chi connectivity index (χ0) is 17.5. The van der Waals surface area contributed by atoms with E-state index in [0.717, 1.165) is 33.4 Å². The van der Waals surface area contributed by atoms with E-state index in [9.17, 15) is 0 Å². The third-order valence-electron chi connectivity index (χ3n) is 3.53. The van der Waals surface area contributed by atoms with Gasteiger partial charge in [-0.1, -0.05) is 45.9 Å². The molecule has 0 fully saturated rings. The van der Waals surface area contributed by atoms with Crippen LogP contribution >= 0.6 is 21.6 Å². The smallest absolute Gasteiger partial charge is 0.217 e. The maximum absolute atomic E-state index is 5.66. The summed E-state index contributed by atoms with van der Waals surface area (Å²) >= 11 is 0. The molecule has 0 atom stereocenters. The van der Waals surface area contributed by atoms with Crippen LogP contribution in [0.3, 0.4) is 0 Å². The van der Waals surface area contributed by atoms with Crippen LogP contribution in [0, 0.1) is 0 Å². The van der Waals surface area contributed by atoms with Crippen molar-refractivity contribution in [3.63, 3.8) is 0 Å². The third-order valence-corrected chi connectivity index (χ3v) is 6.01. The Hall–Kier alpha value is -1.92. The lowest BCUT2D eigenvalue weighted by atomic mass is 10.2. The van der Waals surface area contributed by atoms with E-state index in [4.69, 9.17) is 9.47 Å². The summed E-state index contributed by atoms with van der Waals surface area (Å²) in [5, 5.41) is 0. The summed E-state index contributed by atoms with van der Waals surface area (Å²) in [4.78, 5) is 11.0. The molecule has 0 aliphatic carbocycles. The molecule has 1 aliphatic heterocycles. The van der Waals surface area contributed by atoms with E-state index < -0.39 is 0 Å². The van der Waals surface area contributed by atoms with Crippen molar-refractivity contribution in [2.75, 3.05) is 26.8 Å². The number of aliphatic imine (C=N–C) groups is 2. The summed E-state index contributed by atoms with van der Waals surface area (Å²) in [5.41, 5.74) is 2.06. The number of rotatable bonds is 6. The normalized spacial score (nSPS) is 14.2. The van der Waals surface area contributed by atoms with Crippen LogP contribution in [-0.2, 0) is 9.47 Å². The van der Waals surface area contributed by atoms with E-state index in [2.05, 4.69) is 28.2 Å². The van der Waals surface area contributed by atoms with E-state index in [1.165, 1.54) is 0 Å². The van der Waals surface area contributed by atoms with Crippen LogP contribution in [0.4, 0.5) is 0 Å². The Labute approximate surface area is 156 Å². The molecule has 25 heavy (non-hydrogen) atoms. The molecule has 1 aliphatic rings. The standard InChI is InChI=1S/C19H20N2O2S2/c1-3-22-18(20-2)14-8-4-6-10-16(14)24-25-17-11-7-5-9-15(17)19-21-12-13-23-19/h4-11H,3,12-13H2,1-2H3/b20-18-. The first kappa shape index (κ1) is 17.9. The molecule has 0 radical (unpaired) electrons. The van der Waals surface area contributed by atoms with Gasteiger partial charge in [-0.2, -0.15) is 0 Å². The Kier molecular flexibility index (Phi) is 6.42. The fraction of sp³-hybridized carbons (Fsp3) is 0.263. The zero-order valence-electron chi connectivity index (χ0n) is 14.3. The van der Waals surface area contributed by atoms with Gasteiger partial charge in [0.15, 0.2) is 0 Å². The average molecular weight is 373 g/mol. The molecule has 2 aromatic rings. The Balaban J connectivity index is 1.81. The molecular formula is C19H20N2O2S2. The molecule has 0 N–H and O–H groups in total. The maximum atomic E-state index is 5.66. The lowest BCUT2D eigenvalue weighted by molar-refractivity contribution is 0.327. The topological polar surface area (TPSA) is 43.2 Å². The second kappa shape index (κ2) is 8.97. The number of benzene rings is 2. The van der Waals surface area contributed by atoms with Crippen molar-refractivity contribution >= 4 is 33.4 Å². The van der Waals surface area contributed by atoms with Crippen LogP contribution in [0.2, 0.25) is 0 Å². The van der Waals surface area contributed by atoms with Gasteiger partial charge < -0.3 is 9.47 Å². The van der Waals surface area contributed by atoms with Gasteiger partial charge >= 0.3 is 0 Å². The lowest BCUT2D eigenvalue weighted by Gasteiger charge is -2.12. The highest BCUT2D eigenvalue weighted by atomic mass is 33.1. The highest BCUT2D eigenvalue weighted by Gasteiger charge is 2.16. The predicted molar refractivity (Wildman–Crippen MR) is 106 cm³/mol. The van der Waals surface area contributed by atoms with E-state index in [1.54, 1.807) is 28.6 Å². The van der Waals surface area contributed by atoms with Gasteiger partial charge in [0.1, 0.15) is 6.61 Å². The monoisotopic (exact) mass is 372 g/mol. The Morgan fingerprint density at radius 3 is 2.56 bits per heavy atom. The first-order chi connectivity index (χ1) is 12.3. The second-order valence-corrected chi connectivity index (χ2v) is 7.37. The fourth-order valence-corrected chi connectivity index (χ4v) is 4.77. The van der Waals surface area contributed by atoms with Crippen LogP contribution in [0.1, 0.15) is 18.1 Å². The zero-order valence-corrected chi connectivity index (χ0v) is 15.9. The van der Waals surface area contributed by atoms with Crippen molar-refractivity contribution in [3.8, 4) is 0 Å². The maximum Gasteiger partial charge on any atom is 0.217 e. The molecule has 2 aromatic carbocycles. The van der Waals surface area contributed by atoms with Crippen LogP contribution in [0.15, 0.2) is 68.3 Å². The van der Waals surface area contributed by atoms with Crippen LogP contribution < -0.4 is 0 Å². The molecular weight excluding hydrogens is 352 g/mol. The van der Waals surface area contributed by atoms with E-state index in [0.29, 0.717) is 19.1 Å². The second-order valence-electron chi connectivity index (χ2n) is 5.16. The minimum atomic E-state index is 0.596. The fourth-order valence-electron chi connectivity index (χ4n) is 2.42. The van der Waals surface area contributed by atoms with Crippen molar-refractivity contribution in [1.82, 2.24) is 0 Å². The first-order valence-corrected chi connectivity index (χ1v) is 10.3. The van der Waals surface area contributed by atoms with E-state index in [1.807, 2.05) is 37.3 Å². The molecule has 0 saturated heterocycles. The van der Waals surface area contributed by atoms with Crippen molar-refractivity contribution in [1.29, 1.82) is 0 Å². The molecule has 3 rings (SSSR count). The largest absolute Gasteiger partial charge is 0.478 e. The Morgan fingerprint density at radius 1 is 1.12 bits per heavy atom. The van der Waals surface area contributed by atoms with Gasteiger partial charge in [-0.25, -0.2) is 4.99 Å². The molecule has 0 bridgehead atoms. The van der Waals surface area contributed by atoms with Crippen molar-refractivity contribution in [2.45, 2.75) is 16.7 Å². The predicted octanol–water partition coefficient (Wildman–Crippen LogP) is 4.68. The number of ether oxygens (including phenoxy) is 2. The van der Waals surface area contributed by atoms with Gasteiger partial charge in [0, 0.05) is 16.8 Å². The molecule has 6 heteroatoms. The summed E-state index contributed by atoms with van der Waals surface area (Å²) in [6, 6.07) is 16.4. The molecule has 0 amide bonds. The molecule has 4 nitrogen and oxygen atoms in total. The van der Waals surface area contributed by atoms with Crippen LogP contribution in [0.5, 0.6) is 0 Å². The van der Waals surface area contributed by atoms with Crippen molar-refractivity contribution in [3.05, 3.63) is 59.7 Å². The van der Waals surface area contributed by atoms with Crippen molar-refractivity contribution in [2.24, 2.45) is 9.98 Å². The molecule has 1 heterocycles. The quantitative estimate of drug-likeness (QED) is 0.420. The molecule has 0 aromatic heterocycles. The van der Waals surface area contributed by atoms with Gasteiger partial charge in [-0.05, 0) is 31.2 Å². The minimum absolute atomic E-state index is 0.596. The highest BCUT2D eigenvalue weighted by Crippen LogP contribution is 2.41. The summed E-state index contributed by atoms with van der Waals surface area (Å²) in [6.07, 6.45) is 0. The lowest BCUT2D eigenvalue weighted by Crippen LogP contribution is -2.07. The van der Waals surface area contributed by atoms with E-state index in [-0.39, 0.29) is 0 Å². The Morgan fingerprint density at radius 2 is 1.84 bits per heavy atom. The van der Waals surface area contributed by atoms with Crippen LogP contribution in [-0.4, -0.2) is 38.6 Å². The summed E-state index contributed by atoms with van der Waals surface area (Å²) in [5.74, 6) is 1.41. The SMILES string of the molecule is CCO/C(=N\C)c1ccccc1SSc1ccccc1C1=NCCO1.